The highest BCUT2D eigenvalue weighted by Gasteiger charge is 2.55. The van der Waals surface area contributed by atoms with E-state index in [-0.39, 0.29) is 6.26 Å². The standard InChI is InChI=1S/C9H10F9O6S3/c1-25(19,20)6(26(21,22)3-2-7(10,11)12)27(23,24)5(9(16,17)18)4-8(13,14)15/h5H,2-4H2,1H3/q-1. The van der Waals surface area contributed by atoms with Gasteiger partial charge in [0.05, 0.1) is 42.4 Å². The van der Waals surface area contributed by atoms with Gasteiger partial charge in [0.1, 0.15) is 5.25 Å². The quantitative estimate of drug-likeness (QED) is 0.408. The third-order valence-electron chi connectivity index (χ3n) is 2.60. The Labute approximate surface area is 147 Å². The van der Waals surface area contributed by atoms with Crippen LogP contribution in [0.15, 0.2) is 0 Å². The molecule has 1 unspecified atom stereocenters. The van der Waals surface area contributed by atoms with E-state index >= 15 is 0 Å². The van der Waals surface area contributed by atoms with Gasteiger partial charge in [-0.2, -0.15) is 39.5 Å². The summed E-state index contributed by atoms with van der Waals surface area (Å²) in [6.07, 6.45) is -23.2. The molecule has 0 aromatic carbocycles. The molecule has 0 bridgehead atoms. The molecular formula is C9H10F9O6S3-. The van der Waals surface area contributed by atoms with Gasteiger partial charge in [0.25, 0.3) is 0 Å². The first-order valence-electron chi connectivity index (χ1n) is 6.15. The van der Waals surface area contributed by atoms with Gasteiger partial charge in [-0.15, -0.1) is 0 Å². The summed E-state index contributed by atoms with van der Waals surface area (Å²) in [5, 5.41) is -4.55. The van der Waals surface area contributed by atoms with Gasteiger partial charge in [-0.1, -0.05) is 0 Å². The average Bonchev–Trinajstić information content (AvgIpc) is 2.27. The molecular weight excluding hydrogens is 471 g/mol. The molecule has 0 N–H and O–H groups in total. The summed E-state index contributed by atoms with van der Waals surface area (Å²) in [5.74, 6) is -2.30. The zero-order chi connectivity index (χ0) is 22.3. The number of sulfone groups is 3. The van der Waals surface area contributed by atoms with Crippen LogP contribution in [0.25, 0.3) is 0 Å². The number of halogens is 9. The summed E-state index contributed by atoms with van der Waals surface area (Å²) in [7, 11) is -18.6. The normalized spacial score (nSPS) is 16.6. The van der Waals surface area contributed by atoms with E-state index in [1.807, 2.05) is 0 Å². The Balaban J connectivity index is 6.51. The Bertz CT molecular complexity index is 833. The number of alkyl halides is 9. The van der Waals surface area contributed by atoms with Crippen molar-refractivity contribution in [2.75, 3.05) is 12.0 Å². The molecule has 0 rings (SSSR count). The predicted octanol–water partition coefficient (Wildman–Crippen LogP) is 2.14. The third kappa shape index (κ3) is 8.00. The Morgan fingerprint density at radius 3 is 1.44 bits per heavy atom. The van der Waals surface area contributed by atoms with Crippen LogP contribution in [0.2, 0.25) is 0 Å². The lowest BCUT2D eigenvalue weighted by atomic mass is 10.3. The van der Waals surface area contributed by atoms with E-state index in [0.29, 0.717) is 0 Å². The van der Waals surface area contributed by atoms with Crippen LogP contribution in [-0.4, -0.2) is 61.0 Å². The molecule has 1 atom stereocenters. The van der Waals surface area contributed by atoms with Crippen molar-refractivity contribution in [2.45, 2.75) is 36.6 Å². The smallest absolute Gasteiger partial charge is 0.260 e. The van der Waals surface area contributed by atoms with Gasteiger partial charge in [0.2, 0.25) is 0 Å². The zero-order valence-corrected chi connectivity index (χ0v) is 15.2. The predicted molar refractivity (Wildman–Crippen MR) is 72.0 cm³/mol. The van der Waals surface area contributed by atoms with Crippen LogP contribution in [0, 0.1) is 3.91 Å². The van der Waals surface area contributed by atoms with Crippen LogP contribution in [-0.2, 0) is 29.5 Å². The van der Waals surface area contributed by atoms with Crippen molar-refractivity contribution in [3.05, 3.63) is 3.91 Å². The second kappa shape index (κ2) is 7.57. The van der Waals surface area contributed by atoms with Crippen molar-refractivity contribution in [3.63, 3.8) is 0 Å². The van der Waals surface area contributed by atoms with Crippen molar-refractivity contribution in [3.8, 4) is 0 Å². The fourth-order valence-electron chi connectivity index (χ4n) is 1.68. The minimum atomic E-state index is -6.81. The fourth-order valence-corrected chi connectivity index (χ4v) is 9.48. The van der Waals surface area contributed by atoms with E-state index in [0.717, 1.165) is 0 Å². The summed E-state index contributed by atoms with van der Waals surface area (Å²) in [5.41, 5.74) is 0. The maximum absolute atomic E-state index is 12.8. The monoisotopic (exact) mass is 481 g/mol. The molecule has 0 amide bonds. The molecule has 0 saturated heterocycles. The lowest BCUT2D eigenvalue weighted by Gasteiger charge is -2.34. The molecule has 0 aliphatic carbocycles. The molecule has 6 nitrogen and oxygen atoms in total. The van der Waals surface area contributed by atoms with E-state index in [9.17, 15) is 64.8 Å². The van der Waals surface area contributed by atoms with Crippen LogP contribution in [0.4, 0.5) is 39.5 Å². The topological polar surface area (TPSA) is 102 Å². The fraction of sp³-hybridized carbons (Fsp3) is 0.889. The van der Waals surface area contributed by atoms with E-state index in [1.54, 1.807) is 0 Å². The van der Waals surface area contributed by atoms with Gasteiger partial charge in [-0.3, -0.25) is 25.3 Å². The SMILES string of the molecule is CS(=O)(=O)[C-](S(=O)(=O)CCC(F)(F)F)S(=O)(=O)C(CC(F)(F)F)C(F)(F)F. The van der Waals surface area contributed by atoms with E-state index in [1.165, 1.54) is 0 Å². The van der Waals surface area contributed by atoms with Gasteiger partial charge in [-0.25, -0.2) is 0 Å². The molecule has 0 heterocycles. The first-order valence-corrected chi connectivity index (χ1v) is 11.2. The first-order chi connectivity index (χ1) is 11.4. The molecule has 0 saturated carbocycles. The Kier molecular flexibility index (Phi) is 7.35. The summed E-state index contributed by atoms with van der Waals surface area (Å²) < 4.78 is 179. The molecule has 164 valence electrons. The summed E-state index contributed by atoms with van der Waals surface area (Å²) >= 11 is 0. The Morgan fingerprint density at radius 1 is 0.778 bits per heavy atom. The van der Waals surface area contributed by atoms with Gasteiger partial charge in [0, 0.05) is 15.9 Å². The van der Waals surface area contributed by atoms with Crippen LogP contribution < -0.4 is 0 Å². The highest BCUT2D eigenvalue weighted by atomic mass is 32.3. The van der Waals surface area contributed by atoms with Crippen molar-refractivity contribution in [2.24, 2.45) is 0 Å². The Morgan fingerprint density at radius 2 is 1.19 bits per heavy atom. The van der Waals surface area contributed by atoms with Gasteiger partial charge in [0.15, 0.2) is 0 Å². The van der Waals surface area contributed by atoms with Crippen LogP contribution in [0.1, 0.15) is 12.8 Å². The van der Waals surface area contributed by atoms with Crippen LogP contribution >= 0.6 is 0 Å². The second-order valence-electron chi connectivity index (χ2n) is 5.10. The van der Waals surface area contributed by atoms with Gasteiger partial charge in [-0.05, 0) is 0 Å². The number of hydrogen-bond acceptors (Lipinski definition) is 6. The van der Waals surface area contributed by atoms with Crippen LogP contribution in [0.5, 0.6) is 0 Å². The highest BCUT2D eigenvalue weighted by molar-refractivity contribution is 8.28. The van der Waals surface area contributed by atoms with E-state index in [4.69, 9.17) is 0 Å². The molecule has 18 heteroatoms. The first kappa shape index (κ1) is 26.2. The minimum absolute atomic E-state index is 0.272. The summed E-state index contributed by atoms with van der Waals surface area (Å²) in [4.78, 5) is 0. The van der Waals surface area contributed by atoms with Crippen molar-refractivity contribution in [1.29, 1.82) is 0 Å². The Hall–Kier alpha value is -0.780. The molecule has 0 aromatic heterocycles. The van der Waals surface area contributed by atoms with E-state index in [2.05, 4.69) is 0 Å². The lowest BCUT2D eigenvalue weighted by molar-refractivity contribution is -0.179. The summed E-state index contributed by atoms with van der Waals surface area (Å²) in [6.45, 7) is 0. The molecule has 27 heavy (non-hydrogen) atoms. The average molecular weight is 481 g/mol. The minimum Gasteiger partial charge on any atom is -0.260 e. The number of rotatable bonds is 7. The zero-order valence-electron chi connectivity index (χ0n) is 12.8. The third-order valence-corrected chi connectivity index (χ3v) is 10.8. The largest absolute Gasteiger partial charge is 0.403 e. The second-order valence-corrected chi connectivity index (χ2v) is 11.9. The maximum Gasteiger partial charge on any atom is 0.403 e. The van der Waals surface area contributed by atoms with Crippen LogP contribution in [0.3, 0.4) is 0 Å². The highest BCUT2D eigenvalue weighted by Crippen LogP contribution is 2.41. The van der Waals surface area contributed by atoms with Crippen molar-refractivity contribution >= 4 is 29.5 Å². The van der Waals surface area contributed by atoms with Crippen molar-refractivity contribution in [1.82, 2.24) is 0 Å². The molecule has 0 fully saturated rings. The molecule has 0 aliphatic rings. The molecule has 0 spiro atoms. The number of hydrogen-bond donors (Lipinski definition) is 0. The summed E-state index contributed by atoms with van der Waals surface area (Å²) in [6, 6.07) is 0. The van der Waals surface area contributed by atoms with Crippen molar-refractivity contribution < 1.29 is 64.8 Å². The lowest BCUT2D eigenvalue weighted by Crippen LogP contribution is -2.46. The van der Waals surface area contributed by atoms with E-state index < -0.39 is 75.8 Å². The molecule has 0 aromatic rings. The molecule has 0 aliphatic heterocycles. The van der Waals surface area contributed by atoms with Gasteiger partial charge >= 0.3 is 18.5 Å². The van der Waals surface area contributed by atoms with Gasteiger partial charge < -0.3 is 0 Å². The molecule has 0 radical (unpaired) electrons. The maximum atomic E-state index is 12.8.